The molecule has 22 heavy (non-hydrogen) atoms. The van der Waals surface area contributed by atoms with E-state index in [4.69, 9.17) is 4.42 Å². The predicted octanol–water partition coefficient (Wildman–Crippen LogP) is 4.30. The molecule has 0 amide bonds. The van der Waals surface area contributed by atoms with Crippen molar-refractivity contribution in [1.29, 1.82) is 0 Å². The van der Waals surface area contributed by atoms with E-state index < -0.39 is 0 Å². The van der Waals surface area contributed by atoms with Gasteiger partial charge in [-0.2, -0.15) is 0 Å². The zero-order chi connectivity index (χ0) is 15.4. The molecule has 0 atom stereocenters. The third-order valence-corrected chi connectivity index (χ3v) is 3.97. The number of fused-ring (bicyclic) bond motifs is 1. The molecule has 0 saturated heterocycles. The number of hydrogen-bond acceptors (Lipinski definition) is 1. The Hall–Kier alpha value is -2.35. The van der Waals surface area contributed by atoms with Crippen LogP contribution in [-0.2, 0) is 0 Å². The van der Waals surface area contributed by atoms with Crippen LogP contribution < -0.4 is 9.93 Å². The summed E-state index contributed by atoms with van der Waals surface area (Å²) in [5.41, 5.74) is 2.04. The first-order valence-electron chi connectivity index (χ1n) is 7.92. The van der Waals surface area contributed by atoms with Crippen LogP contribution in [0.5, 0.6) is 0 Å². The fraction of sp³-hybridized carbons (Fsp3) is 0.250. The van der Waals surface area contributed by atoms with E-state index >= 15 is 0 Å². The first kappa shape index (κ1) is 14.6. The molecule has 0 aliphatic heterocycles. The number of para-hydroxylation sites is 1. The number of nitrogens with zero attached hydrogens (tertiary/aromatic N) is 1. The summed E-state index contributed by atoms with van der Waals surface area (Å²) in [4.78, 5) is 0. The Kier molecular flexibility index (Phi) is 4.38. The van der Waals surface area contributed by atoms with Gasteiger partial charge in [-0.05, 0) is 12.1 Å². The van der Waals surface area contributed by atoms with Gasteiger partial charge in [0.2, 0.25) is 5.36 Å². The lowest BCUT2D eigenvalue weighted by Crippen LogP contribution is -2.27. The fourth-order valence-corrected chi connectivity index (χ4v) is 2.69. The quantitative estimate of drug-likeness (QED) is 0.655. The van der Waals surface area contributed by atoms with Gasteiger partial charge >= 0.3 is 0 Å². The summed E-state index contributed by atoms with van der Waals surface area (Å²) >= 11 is 0. The summed E-state index contributed by atoms with van der Waals surface area (Å²) in [5, 5.41) is 2.40. The van der Waals surface area contributed by atoms with E-state index in [0.717, 1.165) is 23.5 Å². The maximum absolute atomic E-state index is 6.12. The summed E-state index contributed by atoms with van der Waals surface area (Å²) < 4.78 is 8.44. The highest BCUT2D eigenvalue weighted by Gasteiger charge is 2.10. The first-order valence-corrected chi connectivity index (χ1v) is 7.92. The van der Waals surface area contributed by atoms with Crippen LogP contribution in [0.25, 0.3) is 22.3 Å². The summed E-state index contributed by atoms with van der Waals surface area (Å²) in [6.45, 7) is 3.28. The minimum absolute atomic E-state index is 0.914. The van der Waals surface area contributed by atoms with E-state index in [1.165, 1.54) is 23.6 Å². The van der Waals surface area contributed by atoms with Gasteiger partial charge in [-0.1, -0.05) is 55.8 Å². The van der Waals surface area contributed by atoms with E-state index in [-0.39, 0.29) is 0 Å². The molecule has 2 aromatic carbocycles. The highest BCUT2D eigenvalue weighted by Crippen LogP contribution is 2.21. The molecular formula is C20H22NO+. The lowest BCUT2D eigenvalue weighted by Gasteiger charge is -2.04. The molecule has 3 rings (SSSR count). The third-order valence-electron chi connectivity index (χ3n) is 3.97. The molecule has 0 bridgehead atoms. The minimum Gasteiger partial charge on any atom is -0.456 e. The second-order valence-electron chi connectivity index (χ2n) is 5.63. The Morgan fingerprint density at radius 2 is 1.68 bits per heavy atom. The van der Waals surface area contributed by atoms with Crippen LogP contribution in [0.3, 0.4) is 0 Å². The Labute approximate surface area is 131 Å². The molecule has 2 heteroatoms. The van der Waals surface area contributed by atoms with Crippen LogP contribution in [0, 0.1) is 0 Å². The molecule has 0 saturated carbocycles. The summed E-state index contributed by atoms with van der Waals surface area (Å²) in [7, 11) is 2.16. The normalized spacial score (nSPS) is 12.5. The molecule has 3 aromatic rings. The van der Waals surface area contributed by atoms with Gasteiger partial charge in [-0.15, -0.1) is 0 Å². The van der Waals surface area contributed by atoms with Crippen molar-refractivity contribution in [3.63, 3.8) is 0 Å². The minimum atomic E-state index is 0.914. The standard InChI is InChI=1S/C20H22NO/c1-3-4-14-21(2)18-15-20(16-10-6-5-7-11-16)22-19-13-9-8-12-17(18)19/h5-13,15H,3-4,14H2,1-2H3/q+1. The molecule has 0 spiro atoms. The molecular weight excluding hydrogens is 270 g/mol. The summed E-state index contributed by atoms with van der Waals surface area (Å²) in [6.07, 6.45) is 2.39. The van der Waals surface area contributed by atoms with Crippen LogP contribution in [0.15, 0.2) is 65.1 Å². The molecule has 0 fully saturated rings. The van der Waals surface area contributed by atoms with Crippen molar-refractivity contribution in [2.45, 2.75) is 19.8 Å². The van der Waals surface area contributed by atoms with Crippen molar-refractivity contribution in [2.75, 3.05) is 13.6 Å². The van der Waals surface area contributed by atoms with Crippen LogP contribution in [-0.4, -0.2) is 13.6 Å². The van der Waals surface area contributed by atoms with Crippen molar-refractivity contribution < 1.29 is 4.42 Å². The van der Waals surface area contributed by atoms with E-state index in [1.54, 1.807) is 0 Å². The lowest BCUT2D eigenvalue weighted by molar-refractivity contribution is 0.598. The Balaban J connectivity index is 2.25. The highest BCUT2D eigenvalue weighted by molar-refractivity contribution is 5.78. The Bertz CT molecular complexity index is 831. The highest BCUT2D eigenvalue weighted by atomic mass is 16.3. The van der Waals surface area contributed by atoms with E-state index in [1.807, 2.05) is 30.3 Å². The van der Waals surface area contributed by atoms with Crippen LogP contribution in [0.4, 0.5) is 0 Å². The third kappa shape index (κ3) is 2.96. The Morgan fingerprint density at radius 3 is 2.45 bits per heavy atom. The monoisotopic (exact) mass is 292 g/mol. The van der Waals surface area contributed by atoms with Gasteiger partial charge in [0.1, 0.15) is 24.9 Å². The lowest BCUT2D eigenvalue weighted by atomic mass is 10.1. The number of rotatable bonds is 4. The average molecular weight is 292 g/mol. The fourth-order valence-electron chi connectivity index (χ4n) is 2.69. The second kappa shape index (κ2) is 6.61. The van der Waals surface area contributed by atoms with E-state index in [2.05, 4.69) is 48.9 Å². The molecule has 1 aromatic heterocycles. The number of unbranched alkanes of at least 4 members (excludes halogenated alkanes) is 1. The van der Waals surface area contributed by atoms with Gasteiger partial charge < -0.3 is 4.42 Å². The van der Waals surface area contributed by atoms with Gasteiger partial charge in [0, 0.05) is 12.0 Å². The van der Waals surface area contributed by atoms with Gasteiger partial charge in [-0.25, -0.2) is 4.58 Å². The molecule has 1 heterocycles. The molecule has 0 unspecified atom stereocenters. The largest absolute Gasteiger partial charge is 0.456 e. The Morgan fingerprint density at radius 1 is 0.955 bits per heavy atom. The van der Waals surface area contributed by atoms with Gasteiger partial charge in [0.15, 0.2) is 0 Å². The predicted molar refractivity (Wildman–Crippen MR) is 92.6 cm³/mol. The maximum Gasteiger partial charge on any atom is 0.214 e. The number of hydrogen-bond donors (Lipinski definition) is 0. The summed E-state index contributed by atoms with van der Waals surface area (Å²) in [6, 6.07) is 20.7. The van der Waals surface area contributed by atoms with Crippen LogP contribution in [0.2, 0.25) is 0 Å². The van der Waals surface area contributed by atoms with Crippen LogP contribution in [0.1, 0.15) is 19.8 Å². The molecule has 0 radical (unpaired) electrons. The molecule has 0 aliphatic carbocycles. The molecule has 0 N–H and O–H groups in total. The summed E-state index contributed by atoms with van der Waals surface area (Å²) in [5.74, 6) is 0.914. The number of benzene rings is 2. The molecule has 2 nitrogen and oxygen atoms in total. The van der Waals surface area contributed by atoms with Gasteiger partial charge in [0.25, 0.3) is 0 Å². The topological polar surface area (TPSA) is 16.1 Å². The maximum atomic E-state index is 6.12. The van der Waals surface area contributed by atoms with Crippen molar-refractivity contribution in [3.05, 3.63) is 66.0 Å². The van der Waals surface area contributed by atoms with Crippen molar-refractivity contribution in [3.8, 4) is 11.3 Å². The molecule has 112 valence electrons. The second-order valence-corrected chi connectivity index (χ2v) is 5.63. The van der Waals surface area contributed by atoms with Gasteiger partial charge in [0.05, 0.1) is 11.5 Å². The van der Waals surface area contributed by atoms with Crippen molar-refractivity contribution in [1.82, 2.24) is 4.58 Å². The smallest absolute Gasteiger partial charge is 0.214 e. The van der Waals surface area contributed by atoms with E-state index in [0.29, 0.717) is 0 Å². The first-order chi connectivity index (χ1) is 10.8. The average Bonchev–Trinajstić information content (AvgIpc) is 2.59. The van der Waals surface area contributed by atoms with E-state index in [9.17, 15) is 0 Å². The van der Waals surface area contributed by atoms with Crippen LogP contribution >= 0.6 is 0 Å². The van der Waals surface area contributed by atoms with Gasteiger partial charge in [-0.3, -0.25) is 0 Å². The SMILES string of the molecule is CCCC[N+](C)=c1cc(-c2ccccc2)oc2ccccc12. The molecule has 0 aliphatic rings. The zero-order valence-electron chi connectivity index (χ0n) is 13.3. The van der Waals surface area contributed by atoms with Crippen molar-refractivity contribution >= 4 is 11.0 Å². The van der Waals surface area contributed by atoms with Crippen molar-refractivity contribution in [2.24, 2.45) is 0 Å². The zero-order valence-corrected chi connectivity index (χ0v) is 13.3.